The molecule has 0 amide bonds. The van der Waals surface area contributed by atoms with Gasteiger partial charge in [0.05, 0.1) is 17.2 Å². The van der Waals surface area contributed by atoms with E-state index < -0.39 is 9.84 Å². The van der Waals surface area contributed by atoms with Crippen LogP contribution in [0.25, 0.3) is 0 Å². The Kier molecular flexibility index (Phi) is 4.52. The molecule has 1 saturated heterocycles. The molecule has 1 aliphatic heterocycles. The summed E-state index contributed by atoms with van der Waals surface area (Å²) >= 11 is 0. The van der Waals surface area contributed by atoms with Crippen LogP contribution in [0.15, 0.2) is 12.3 Å². The summed E-state index contributed by atoms with van der Waals surface area (Å²) in [6, 6.07) is 1.88. The van der Waals surface area contributed by atoms with Crippen LogP contribution in [0.1, 0.15) is 37.7 Å². The van der Waals surface area contributed by atoms with Crippen molar-refractivity contribution in [2.24, 2.45) is 5.92 Å². The molecule has 1 fully saturated rings. The van der Waals surface area contributed by atoms with E-state index in [2.05, 4.69) is 29.1 Å². The van der Waals surface area contributed by atoms with Crippen molar-refractivity contribution in [2.45, 2.75) is 32.7 Å². The zero-order chi connectivity index (χ0) is 13.9. The van der Waals surface area contributed by atoms with Gasteiger partial charge in [-0.1, -0.05) is 13.8 Å². The number of hydrogen-bond donors (Lipinski definition) is 1. The molecule has 0 bridgehead atoms. The molecule has 1 unspecified atom stereocenters. The van der Waals surface area contributed by atoms with E-state index in [1.165, 1.54) is 0 Å². The molecule has 1 aromatic heterocycles. The highest BCUT2D eigenvalue weighted by molar-refractivity contribution is 7.91. The highest BCUT2D eigenvalue weighted by atomic mass is 32.2. The topological polar surface area (TPSA) is 72.0 Å². The quantitative estimate of drug-likeness (QED) is 0.877. The molecule has 0 saturated carbocycles. The number of nitrogens with zero attached hydrogens (tertiary/aromatic N) is 2. The summed E-state index contributed by atoms with van der Waals surface area (Å²) in [6.45, 7) is 5.95. The maximum Gasteiger partial charge on any atom is 0.151 e. The summed E-state index contributed by atoms with van der Waals surface area (Å²) in [5.41, 5.74) is 0.926. The van der Waals surface area contributed by atoms with E-state index in [0.717, 1.165) is 12.2 Å². The largest absolute Gasteiger partial charge is 0.311 e. The van der Waals surface area contributed by atoms with Crippen LogP contribution in [-0.4, -0.2) is 36.4 Å². The Bertz CT molecular complexity index is 528. The van der Waals surface area contributed by atoms with Gasteiger partial charge in [0.2, 0.25) is 0 Å². The van der Waals surface area contributed by atoms with Gasteiger partial charge in [-0.25, -0.2) is 18.4 Å². The van der Waals surface area contributed by atoms with Crippen LogP contribution in [0.5, 0.6) is 0 Å². The van der Waals surface area contributed by atoms with Gasteiger partial charge in [0.25, 0.3) is 0 Å². The number of nitrogens with one attached hydrogen (secondary N) is 1. The van der Waals surface area contributed by atoms with E-state index in [1.807, 2.05) is 6.07 Å². The highest BCUT2D eigenvalue weighted by Crippen LogP contribution is 2.26. The van der Waals surface area contributed by atoms with Crippen molar-refractivity contribution in [1.82, 2.24) is 15.3 Å². The molecular formula is C13H21N3O2S. The number of hydrogen-bond acceptors (Lipinski definition) is 5. The molecule has 0 aliphatic carbocycles. The monoisotopic (exact) mass is 283 g/mol. The second kappa shape index (κ2) is 5.96. The van der Waals surface area contributed by atoms with E-state index >= 15 is 0 Å². The molecule has 0 aromatic carbocycles. The van der Waals surface area contributed by atoms with E-state index in [0.29, 0.717) is 24.7 Å². The Hall–Kier alpha value is -1.01. The first kappa shape index (κ1) is 14.4. The van der Waals surface area contributed by atoms with Crippen molar-refractivity contribution in [2.75, 3.05) is 18.1 Å². The molecule has 1 N–H and O–H groups in total. The molecular weight excluding hydrogens is 262 g/mol. The average molecular weight is 283 g/mol. The first-order chi connectivity index (χ1) is 8.96. The minimum Gasteiger partial charge on any atom is -0.311 e. The third-order valence-corrected chi connectivity index (χ3v) is 4.96. The maximum absolute atomic E-state index is 11.5. The van der Waals surface area contributed by atoms with Crippen LogP contribution in [0.2, 0.25) is 0 Å². The molecule has 1 aromatic rings. The van der Waals surface area contributed by atoms with Crippen molar-refractivity contribution in [3.63, 3.8) is 0 Å². The highest BCUT2D eigenvalue weighted by Gasteiger charge is 2.30. The summed E-state index contributed by atoms with van der Waals surface area (Å²) in [7, 11) is -2.88. The van der Waals surface area contributed by atoms with Crippen LogP contribution in [0.3, 0.4) is 0 Å². The van der Waals surface area contributed by atoms with Gasteiger partial charge in [0.15, 0.2) is 9.84 Å². The second-order valence-electron chi connectivity index (χ2n) is 5.53. The normalized spacial score (nSPS) is 21.9. The Labute approximate surface area is 114 Å². The zero-order valence-corrected chi connectivity index (χ0v) is 12.3. The van der Waals surface area contributed by atoms with E-state index in [4.69, 9.17) is 0 Å². The number of rotatable bonds is 5. The summed E-state index contributed by atoms with van der Waals surface area (Å²) in [5.74, 6) is 1.69. The fourth-order valence-electron chi connectivity index (χ4n) is 2.20. The standard InChI is InChI=1S/C13H21N3O2S/c1-10(2)7-14-8-12-3-5-15-13(16-12)11-4-6-19(17,18)9-11/h3,5,10-11,14H,4,6-9H2,1-2H3. The molecule has 2 heterocycles. The van der Waals surface area contributed by atoms with Crippen LogP contribution in [0.4, 0.5) is 0 Å². The van der Waals surface area contributed by atoms with E-state index in [1.54, 1.807) is 6.20 Å². The third-order valence-electron chi connectivity index (χ3n) is 3.19. The van der Waals surface area contributed by atoms with Gasteiger partial charge < -0.3 is 5.32 Å². The summed E-state index contributed by atoms with van der Waals surface area (Å²) in [6.07, 6.45) is 2.37. The summed E-state index contributed by atoms with van der Waals surface area (Å²) < 4.78 is 23.0. The minimum absolute atomic E-state index is 0.0324. The fourth-order valence-corrected chi connectivity index (χ4v) is 3.93. The SMILES string of the molecule is CC(C)CNCc1ccnc(C2CCS(=O)(=O)C2)n1. The Morgan fingerprint density at radius 1 is 1.47 bits per heavy atom. The fraction of sp³-hybridized carbons (Fsp3) is 0.692. The Morgan fingerprint density at radius 2 is 2.26 bits per heavy atom. The van der Waals surface area contributed by atoms with Gasteiger partial charge in [-0.3, -0.25) is 0 Å². The lowest BCUT2D eigenvalue weighted by Crippen LogP contribution is -2.20. The van der Waals surface area contributed by atoms with Crippen molar-refractivity contribution in [3.05, 3.63) is 23.8 Å². The smallest absolute Gasteiger partial charge is 0.151 e. The molecule has 1 aliphatic rings. The molecule has 1 atom stereocenters. The van der Waals surface area contributed by atoms with Gasteiger partial charge in [-0.05, 0) is 24.9 Å². The zero-order valence-electron chi connectivity index (χ0n) is 11.5. The lowest BCUT2D eigenvalue weighted by Gasteiger charge is -2.10. The Balaban J connectivity index is 1.99. The molecule has 0 radical (unpaired) electrons. The van der Waals surface area contributed by atoms with Gasteiger partial charge >= 0.3 is 0 Å². The lowest BCUT2D eigenvalue weighted by molar-refractivity contribution is 0.545. The summed E-state index contributed by atoms with van der Waals surface area (Å²) in [5, 5.41) is 3.33. The van der Waals surface area contributed by atoms with Crippen molar-refractivity contribution in [3.8, 4) is 0 Å². The first-order valence-corrected chi connectivity index (χ1v) is 8.51. The maximum atomic E-state index is 11.5. The predicted octanol–water partition coefficient (Wildman–Crippen LogP) is 1.12. The first-order valence-electron chi connectivity index (χ1n) is 6.69. The molecule has 19 heavy (non-hydrogen) atoms. The molecule has 5 nitrogen and oxygen atoms in total. The number of sulfone groups is 1. The van der Waals surface area contributed by atoms with Gasteiger partial charge in [-0.2, -0.15) is 0 Å². The van der Waals surface area contributed by atoms with Crippen molar-refractivity contribution >= 4 is 9.84 Å². The Morgan fingerprint density at radius 3 is 2.89 bits per heavy atom. The van der Waals surface area contributed by atoms with Gasteiger partial charge in [0, 0.05) is 18.7 Å². The van der Waals surface area contributed by atoms with E-state index in [-0.39, 0.29) is 17.4 Å². The van der Waals surface area contributed by atoms with E-state index in [9.17, 15) is 8.42 Å². The third kappa shape index (κ3) is 4.24. The molecule has 2 rings (SSSR count). The minimum atomic E-state index is -2.88. The van der Waals surface area contributed by atoms with Crippen LogP contribution in [0, 0.1) is 5.92 Å². The average Bonchev–Trinajstić information content (AvgIpc) is 2.70. The summed E-state index contributed by atoms with van der Waals surface area (Å²) in [4.78, 5) is 8.71. The molecule has 106 valence electrons. The van der Waals surface area contributed by atoms with Gasteiger partial charge in [0.1, 0.15) is 5.82 Å². The van der Waals surface area contributed by atoms with Gasteiger partial charge in [-0.15, -0.1) is 0 Å². The molecule has 0 spiro atoms. The van der Waals surface area contributed by atoms with Crippen LogP contribution in [-0.2, 0) is 16.4 Å². The van der Waals surface area contributed by atoms with Crippen LogP contribution < -0.4 is 5.32 Å². The second-order valence-corrected chi connectivity index (χ2v) is 7.76. The molecule has 6 heteroatoms. The predicted molar refractivity (Wildman–Crippen MR) is 74.6 cm³/mol. The number of aromatic nitrogens is 2. The lowest BCUT2D eigenvalue weighted by atomic mass is 10.1. The van der Waals surface area contributed by atoms with Crippen LogP contribution >= 0.6 is 0 Å². The van der Waals surface area contributed by atoms with Crippen molar-refractivity contribution < 1.29 is 8.42 Å². The van der Waals surface area contributed by atoms with Crippen molar-refractivity contribution in [1.29, 1.82) is 0 Å².